The Bertz CT molecular complexity index is 1180. The maximum Gasteiger partial charge on any atom is 0.251 e. The molecule has 1 fully saturated rings. The van der Waals surface area contributed by atoms with E-state index in [9.17, 15) is 18.3 Å². The average Bonchev–Trinajstić information content (AvgIpc) is 3.15. The summed E-state index contributed by atoms with van der Waals surface area (Å²) in [6.07, 6.45) is 3.81. The molecule has 164 valence electrons. The molecule has 0 aliphatic carbocycles. The highest BCUT2D eigenvalue weighted by Crippen LogP contribution is 2.26. The lowest BCUT2D eigenvalue weighted by molar-refractivity contribution is 0.0917. The second kappa shape index (κ2) is 8.82. The lowest BCUT2D eigenvalue weighted by Crippen LogP contribution is -2.35. The van der Waals surface area contributed by atoms with Crippen molar-refractivity contribution < 1.29 is 18.3 Å². The summed E-state index contributed by atoms with van der Waals surface area (Å²) in [5.74, 6) is -0.360. The topological polar surface area (TPSA) is 91.6 Å². The predicted octanol–water partition coefficient (Wildman–Crippen LogP) is 2.82. The lowest BCUT2D eigenvalue weighted by atomic mass is 10.1. The average molecular weight is 442 g/mol. The number of carbonyl (C=O) groups excluding carboxylic acids is 1. The van der Waals surface area contributed by atoms with E-state index >= 15 is 0 Å². The van der Waals surface area contributed by atoms with Crippen molar-refractivity contribution in [2.45, 2.75) is 30.3 Å². The van der Waals surface area contributed by atoms with Crippen LogP contribution >= 0.6 is 0 Å². The fraction of sp³-hybridized carbons (Fsp3) is 0.348. The Morgan fingerprint density at radius 1 is 1.06 bits per heavy atom. The molecule has 4 rings (SSSR count). The van der Waals surface area contributed by atoms with Crippen molar-refractivity contribution in [3.05, 3.63) is 65.9 Å². The molecular formula is C23H27N3O4S. The molecule has 0 radical (unpaired) electrons. The van der Waals surface area contributed by atoms with Crippen LogP contribution in [0, 0.1) is 0 Å². The number of aliphatic hydroxyl groups is 1. The van der Waals surface area contributed by atoms with Crippen LogP contribution in [0.1, 0.15) is 41.3 Å². The number of aryl methyl sites for hydroxylation is 1. The van der Waals surface area contributed by atoms with Gasteiger partial charge in [0.1, 0.15) is 0 Å². The minimum absolute atomic E-state index is 0.0562. The van der Waals surface area contributed by atoms with E-state index in [-0.39, 0.29) is 17.3 Å². The molecule has 1 atom stereocenters. The molecule has 0 saturated carbocycles. The Hall–Kier alpha value is -2.68. The molecule has 31 heavy (non-hydrogen) atoms. The number of hydrogen-bond donors (Lipinski definition) is 2. The first-order valence-electron chi connectivity index (χ1n) is 10.5. The van der Waals surface area contributed by atoms with Gasteiger partial charge in [0.05, 0.1) is 11.0 Å². The molecule has 2 N–H and O–H groups in total. The van der Waals surface area contributed by atoms with Gasteiger partial charge in [-0.3, -0.25) is 4.79 Å². The Morgan fingerprint density at radius 2 is 1.74 bits per heavy atom. The van der Waals surface area contributed by atoms with E-state index in [1.54, 1.807) is 0 Å². The number of nitrogens with zero attached hydrogens (tertiary/aromatic N) is 2. The number of carbonyl (C=O) groups is 1. The smallest absolute Gasteiger partial charge is 0.251 e. The quantitative estimate of drug-likeness (QED) is 0.615. The number of fused-ring (bicyclic) bond motifs is 1. The van der Waals surface area contributed by atoms with Crippen LogP contribution in [0.15, 0.2) is 59.6 Å². The maximum atomic E-state index is 12.7. The van der Waals surface area contributed by atoms with Crippen LogP contribution < -0.4 is 5.32 Å². The summed E-state index contributed by atoms with van der Waals surface area (Å²) in [5, 5.41) is 14.3. The van der Waals surface area contributed by atoms with Crippen LogP contribution in [-0.2, 0) is 17.1 Å². The normalized spacial score (nSPS) is 16.3. The number of aliphatic hydroxyl groups excluding tert-OH is 1. The van der Waals surface area contributed by atoms with Crippen LogP contribution in [0.2, 0.25) is 0 Å². The van der Waals surface area contributed by atoms with Gasteiger partial charge in [-0.25, -0.2) is 8.42 Å². The second-order valence-corrected chi connectivity index (χ2v) is 9.87. The highest BCUT2D eigenvalue weighted by Gasteiger charge is 2.26. The van der Waals surface area contributed by atoms with Gasteiger partial charge in [-0.1, -0.05) is 24.6 Å². The molecule has 0 bridgehead atoms. The number of hydrogen-bond acceptors (Lipinski definition) is 4. The third-order valence-corrected chi connectivity index (χ3v) is 7.72. The second-order valence-electron chi connectivity index (χ2n) is 7.93. The van der Waals surface area contributed by atoms with Crippen LogP contribution in [-0.4, -0.2) is 47.9 Å². The van der Waals surface area contributed by atoms with Gasteiger partial charge in [-0.05, 0) is 43.2 Å². The summed E-state index contributed by atoms with van der Waals surface area (Å²) in [5.41, 5.74) is 2.11. The van der Waals surface area contributed by atoms with Gasteiger partial charge in [0.25, 0.3) is 5.91 Å². The zero-order valence-corrected chi connectivity index (χ0v) is 18.3. The number of aromatic nitrogens is 1. The largest absolute Gasteiger partial charge is 0.386 e. The highest BCUT2D eigenvalue weighted by molar-refractivity contribution is 7.89. The van der Waals surface area contributed by atoms with E-state index in [0.29, 0.717) is 18.7 Å². The molecule has 2 heterocycles. The maximum absolute atomic E-state index is 12.7. The van der Waals surface area contributed by atoms with E-state index in [2.05, 4.69) is 5.32 Å². The van der Waals surface area contributed by atoms with E-state index in [1.165, 1.54) is 28.6 Å². The van der Waals surface area contributed by atoms with E-state index in [0.717, 1.165) is 35.7 Å². The molecule has 1 aliphatic heterocycles. The van der Waals surface area contributed by atoms with Crippen molar-refractivity contribution in [3.63, 3.8) is 0 Å². The van der Waals surface area contributed by atoms with Gasteiger partial charge in [-0.15, -0.1) is 0 Å². The minimum atomic E-state index is -3.53. The number of amides is 1. The summed E-state index contributed by atoms with van der Waals surface area (Å²) in [6.45, 7) is 1.13. The summed E-state index contributed by atoms with van der Waals surface area (Å²) in [7, 11) is -1.61. The number of para-hydroxylation sites is 1. The van der Waals surface area contributed by atoms with Gasteiger partial charge >= 0.3 is 0 Å². The van der Waals surface area contributed by atoms with Gasteiger partial charge in [0, 0.05) is 54.9 Å². The fourth-order valence-corrected chi connectivity index (χ4v) is 5.59. The first kappa shape index (κ1) is 21.5. The molecule has 1 unspecified atom stereocenters. The molecule has 7 nitrogen and oxygen atoms in total. The predicted molar refractivity (Wildman–Crippen MR) is 119 cm³/mol. The molecule has 1 saturated heterocycles. The first-order chi connectivity index (χ1) is 14.9. The van der Waals surface area contributed by atoms with E-state index in [4.69, 9.17) is 0 Å². The molecule has 8 heteroatoms. The van der Waals surface area contributed by atoms with Crippen LogP contribution in [0.4, 0.5) is 0 Å². The van der Waals surface area contributed by atoms with Crippen molar-refractivity contribution in [2.75, 3.05) is 19.6 Å². The summed E-state index contributed by atoms with van der Waals surface area (Å²) < 4.78 is 28.9. The third-order valence-electron chi connectivity index (χ3n) is 5.81. The Kier molecular flexibility index (Phi) is 6.13. The van der Waals surface area contributed by atoms with Crippen molar-refractivity contribution >= 4 is 26.8 Å². The Morgan fingerprint density at radius 3 is 2.45 bits per heavy atom. The highest BCUT2D eigenvalue weighted by atomic mass is 32.2. The van der Waals surface area contributed by atoms with Crippen molar-refractivity contribution in [1.82, 2.24) is 14.2 Å². The lowest BCUT2D eigenvalue weighted by Gasteiger charge is -2.25. The fourth-order valence-electron chi connectivity index (χ4n) is 4.07. The molecule has 0 spiro atoms. The van der Waals surface area contributed by atoms with E-state index in [1.807, 2.05) is 42.1 Å². The number of benzene rings is 2. The standard InChI is InChI=1S/C23H27N3O4S/c1-25-16-20(19-7-3-4-8-21(19)25)22(27)15-24-23(28)17-9-11-18(12-10-17)31(29,30)26-13-5-2-6-14-26/h3-4,7-12,16,22,27H,2,5-6,13-15H2,1H3,(H,24,28). The van der Waals surface area contributed by atoms with Gasteiger partial charge in [0.2, 0.25) is 10.0 Å². The molecule has 3 aromatic rings. The summed E-state index contributed by atoms with van der Waals surface area (Å²) >= 11 is 0. The van der Waals surface area contributed by atoms with Gasteiger partial charge in [0.15, 0.2) is 0 Å². The summed E-state index contributed by atoms with van der Waals surface area (Å²) in [6, 6.07) is 13.7. The number of rotatable bonds is 6. The molecular weight excluding hydrogens is 414 g/mol. The molecule has 1 aromatic heterocycles. The van der Waals surface area contributed by atoms with E-state index < -0.39 is 16.1 Å². The van der Waals surface area contributed by atoms with Crippen molar-refractivity contribution in [3.8, 4) is 0 Å². The Balaban J connectivity index is 1.42. The number of piperidine rings is 1. The Labute approximate surface area is 182 Å². The van der Waals surface area contributed by atoms with Gasteiger partial charge in [-0.2, -0.15) is 4.31 Å². The molecule has 2 aromatic carbocycles. The molecule has 1 aliphatic rings. The van der Waals surface area contributed by atoms with Crippen LogP contribution in [0.25, 0.3) is 10.9 Å². The monoisotopic (exact) mass is 441 g/mol. The van der Waals surface area contributed by atoms with Crippen molar-refractivity contribution in [2.24, 2.45) is 7.05 Å². The number of sulfonamides is 1. The van der Waals surface area contributed by atoms with Crippen molar-refractivity contribution in [1.29, 1.82) is 0 Å². The zero-order valence-electron chi connectivity index (χ0n) is 17.5. The SMILES string of the molecule is Cn1cc(C(O)CNC(=O)c2ccc(S(=O)(=O)N3CCCCC3)cc2)c2ccccc21. The van der Waals surface area contributed by atoms with Gasteiger partial charge < -0.3 is 15.0 Å². The van der Waals surface area contributed by atoms with Crippen LogP contribution in [0.3, 0.4) is 0 Å². The molecule has 1 amide bonds. The number of nitrogens with one attached hydrogen (secondary N) is 1. The zero-order chi connectivity index (χ0) is 22.0. The minimum Gasteiger partial charge on any atom is -0.386 e. The summed E-state index contributed by atoms with van der Waals surface area (Å²) in [4.78, 5) is 12.7. The first-order valence-corrected chi connectivity index (χ1v) is 11.9. The van der Waals surface area contributed by atoms with Crippen LogP contribution in [0.5, 0.6) is 0 Å². The third kappa shape index (κ3) is 4.37.